The van der Waals surface area contributed by atoms with Gasteiger partial charge >= 0.3 is 0 Å². The molecule has 0 radical (unpaired) electrons. The van der Waals surface area contributed by atoms with Crippen LogP contribution in [0.5, 0.6) is 0 Å². The fraction of sp³-hybridized carbons (Fsp3) is 0.571. The van der Waals surface area contributed by atoms with E-state index in [0.717, 1.165) is 49.2 Å². The Kier molecular flexibility index (Phi) is 4.31. The number of nitrogens with two attached hydrogens (primary N) is 1. The Labute approximate surface area is 108 Å². The molecule has 0 saturated heterocycles. The maximum Gasteiger partial charge on any atom is 0.159 e. The zero-order valence-corrected chi connectivity index (χ0v) is 11.3. The number of fused-ring (bicyclic) bond motifs is 1. The maximum atomic E-state index is 5.79. The molecule has 2 heterocycles. The van der Waals surface area contributed by atoms with Gasteiger partial charge in [-0.15, -0.1) is 0 Å². The molecule has 0 fully saturated rings. The number of pyridine rings is 1. The van der Waals surface area contributed by atoms with Crippen LogP contribution < -0.4 is 5.73 Å². The first-order valence-electron chi connectivity index (χ1n) is 6.78. The molecule has 0 bridgehead atoms. The summed E-state index contributed by atoms with van der Waals surface area (Å²) in [5.41, 5.74) is 7.80. The molecule has 4 nitrogen and oxygen atoms in total. The van der Waals surface area contributed by atoms with Crippen LogP contribution in [0.1, 0.15) is 38.9 Å². The fourth-order valence-electron chi connectivity index (χ4n) is 2.24. The molecule has 0 spiro atoms. The molecule has 0 aromatic carbocycles. The third-order valence-corrected chi connectivity index (χ3v) is 3.09. The van der Waals surface area contributed by atoms with E-state index in [1.54, 1.807) is 0 Å². The molecule has 2 aromatic heterocycles. The van der Waals surface area contributed by atoms with Gasteiger partial charge in [0.05, 0.1) is 0 Å². The second-order valence-corrected chi connectivity index (χ2v) is 4.90. The van der Waals surface area contributed by atoms with Gasteiger partial charge in [0.25, 0.3) is 0 Å². The minimum Gasteiger partial charge on any atom is -0.328 e. The second-order valence-electron chi connectivity index (χ2n) is 4.90. The lowest BCUT2D eigenvalue weighted by Crippen LogP contribution is -2.15. The summed E-state index contributed by atoms with van der Waals surface area (Å²) in [7, 11) is 0. The molecule has 0 aliphatic rings. The van der Waals surface area contributed by atoms with Crippen LogP contribution in [0, 0.1) is 0 Å². The molecule has 0 aliphatic carbocycles. The van der Waals surface area contributed by atoms with Gasteiger partial charge in [-0.05, 0) is 38.3 Å². The first kappa shape index (κ1) is 13.0. The molecule has 1 unspecified atom stereocenters. The standard InChI is InChI=1S/C14H22N4/c1-3-10-18-13(8-4-6-11(2)15)17-12-7-5-9-16-14(12)18/h5,7,9,11H,3-4,6,8,10,15H2,1-2H3. The Morgan fingerprint density at radius 1 is 1.44 bits per heavy atom. The third-order valence-electron chi connectivity index (χ3n) is 3.09. The summed E-state index contributed by atoms with van der Waals surface area (Å²) in [5.74, 6) is 1.14. The van der Waals surface area contributed by atoms with Crippen molar-refractivity contribution in [3.05, 3.63) is 24.2 Å². The SMILES string of the molecule is CCCn1c(CCCC(C)N)nc2cccnc21. The first-order chi connectivity index (χ1) is 8.72. The van der Waals surface area contributed by atoms with Crippen molar-refractivity contribution in [1.82, 2.24) is 14.5 Å². The van der Waals surface area contributed by atoms with Gasteiger partial charge < -0.3 is 10.3 Å². The molecule has 2 N–H and O–H groups in total. The van der Waals surface area contributed by atoms with Crippen LogP contribution in [-0.2, 0) is 13.0 Å². The Bertz CT molecular complexity index is 501. The number of rotatable bonds is 6. The number of hydrogen-bond acceptors (Lipinski definition) is 3. The van der Waals surface area contributed by atoms with Crippen molar-refractivity contribution in [2.75, 3.05) is 0 Å². The number of imidazole rings is 1. The van der Waals surface area contributed by atoms with Gasteiger partial charge in [-0.2, -0.15) is 0 Å². The Morgan fingerprint density at radius 3 is 3.00 bits per heavy atom. The van der Waals surface area contributed by atoms with E-state index in [9.17, 15) is 0 Å². The molecule has 1 atom stereocenters. The lowest BCUT2D eigenvalue weighted by atomic mass is 10.1. The van der Waals surface area contributed by atoms with Gasteiger partial charge in [0.2, 0.25) is 0 Å². The van der Waals surface area contributed by atoms with E-state index in [2.05, 4.69) is 28.4 Å². The van der Waals surface area contributed by atoms with Gasteiger partial charge in [-0.1, -0.05) is 6.92 Å². The van der Waals surface area contributed by atoms with Gasteiger partial charge in [-0.3, -0.25) is 0 Å². The molecule has 0 aliphatic heterocycles. The summed E-state index contributed by atoms with van der Waals surface area (Å²) in [6, 6.07) is 4.24. The van der Waals surface area contributed by atoms with Crippen LogP contribution in [-0.4, -0.2) is 20.6 Å². The molecule has 0 saturated carbocycles. The van der Waals surface area contributed by atoms with Crippen molar-refractivity contribution in [2.24, 2.45) is 5.73 Å². The molecule has 0 amide bonds. The van der Waals surface area contributed by atoms with E-state index in [-0.39, 0.29) is 6.04 Å². The second kappa shape index (κ2) is 5.96. The monoisotopic (exact) mass is 246 g/mol. The summed E-state index contributed by atoms with van der Waals surface area (Å²) < 4.78 is 2.25. The largest absolute Gasteiger partial charge is 0.328 e. The molecule has 98 valence electrons. The van der Waals surface area contributed by atoms with Crippen molar-refractivity contribution in [3.63, 3.8) is 0 Å². The van der Waals surface area contributed by atoms with E-state index in [0.29, 0.717) is 0 Å². The molecule has 2 rings (SSSR count). The summed E-state index contributed by atoms with van der Waals surface area (Å²) in [5, 5.41) is 0. The minimum absolute atomic E-state index is 0.270. The van der Waals surface area contributed by atoms with Crippen LogP contribution in [0.25, 0.3) is 11.2 Å². The van der Waals surface area contributed by atoms with Crippen molar-refractivity contribution in [2.45, 2.75) is 52.1 Å². The summed E-state index contributed by atoms with van der Waals surface area (Å²) >= 11 is 0. The van der Waals surface area contributed by atoms with Crippen LogP contribution in [0.4, 0.5) is 0 Å². The molecular formula is C14H22N4. The normalized spacial score (nSPS) is 13.1. The number of hydrogen-bond donors (Lipinski definition) is 1. The smallest absolute Gasteiger partial charge is 0.159 e. The highest BCUT2D eigenvalue weighted by molar-refractivity contribution is 5.71. The van der Waals surface area contributed by atoms with Gasteiger partial charge in [0, 0.05) is 25.2 Å². The Balaban J connectivity index is 2.22. The maximum absolute atomic E-state index is 5.79. The molecule has 4 heteroatoms. The topological polar surface area (TPSA) is 56.7 Å². The summed E-state index contributed by atoms with van der Waals surface area (Å²) in [6.07, 6.45) is 6.05. The highest BCUT2D eigenvalue weighted by Gasteiger charge is 2.10. The summed E-state index contributed by atoms with van der Waals surface area (Å²) in [6.45, 7) is 5.22. The van der Waals surface area contributed by atoms with Crippen molar-refractivity contribution in [3.8, 4) is 0 Å². The van der Waals surface area contributed by atoms with Crippen LogP contribution in [0.2, 0.25) is 0 Å². The van der Waals surface area contributed by atoms with Gasteiger partial charge in [-0.25, -0.2) is 9.97 Å². The predicted octanol–water partition coefficient (Wildman–Crippen LogP) is 2.51. The predicted molar refractivity (Wildman–Crippen MR) is 74.4 cm³/mol. The zero-order chi connectivity index (χ0) is 13.0. The zero-order valence-electron chi connectivity index (χ0n) is 11.3. The Morgan fingerprint density at radius 2 is 2.28 bits per heavy atom. The van der Waals surface area contributed by atoms with E-state index < -0.39 is 0 Å². The average Bonchev–Trinajstić information content (AvgIpc) is 2.68. The molecule has 2 aromatic rings. The third kappa shape index (κ3) is 2.88. The lowest BCUT2D eigenvalue weighted by molar-refractivity contribution is 0.585. The summed E-state index contributed by atoms with van der Waals surface area (Å²) in [4.78, 5) is 9.13. The lowest BCUT2D eigenvalue weighted by Gasteiger charge is -2.08. The van der Waals surface area contributed by atoms with E-state index >= 15 is 0 Å². The van der Waals surface area contributed by atoms with Crippen LogP contribution >= 0.6 is 0 Å². The first-order valence-corrected chi connectivity index (χ1v) is 6.78. The minimum atomic E-state index is 0.270. The van der Waals surface area contributed by atoms with Crippen molar-refractivity contribution in [1.29, 1.82) is 0 Å². The average molecular weight is 246 g/mol. The molecular weight excluding hydrogens is 224 g/mol. The quantitative estimate of drug-likeness (QED) is 0.852. The van der Waals surface area contributed by atoms with Crippen LogP contribution in [0.3, 0.4) is 0 Å². The van der Waals surface area contributed by atoms with E-state index in [1.165, 1.54) is 0 Å². The number of aryl methyl sites for hydroxylation is 2. The van der Waals surface area contributed by atoms with Crippen molar-refractivity contribution < 1.29 is 0 Å². The van der Waals surface area contributed by atoms with E-state index in [4.69, 9.17) is 5.73 Å². The van der Waals surface area contributed by atoms with Gasteiger partial charge in [0.1, 0.15) is 11.3 Å². The highest BCUT2D eigenvalue weighted by Crippen LogP contribution is 2.16. The van der Waals surface area contributed by atoms with Crippen molar-refractivity contribution >= 4 is 11.2 Å². The van der Waals surface area contributed by atoms with Crippen LogP contribution in [0.15, 0.2) is 18.3 Å². The fourth-order valence-corrected chi connectivity index (χ4v) is 2.24. The van der Waals surface area contributed by atoms with Gasteiger partial charge in [0.15, 0.2) is 5.65 Å². The number of aromatic nitrogens is 3. The number of nitrogens with zero attached hydrogens (tertiary/aromatic N) is 3. The Hall–Kier alpha value is -1.42. The van der Waals surface area contributed by atoms with E-state index in [1.807, 2.05) is 18.3 Å². The highest BCUT2D eigenvalue weighted by atomic mass is 15.1. The molecule has 18 heavy (non-hydrogen) atoms.